The van der Waals surface area contributed by atoms with E-state index >= 15 is 0 Å². The van der Waals surface area contributed by atoms with E-state index < -0.39 is 6.04 Å². The predicted molar refractivity (Wildman–Crippen MR) is 66.7 cm³/mol. The first-order valence-electron chi connectivity index (χ1n) is 4.05. The van der Waals surface area contributed by atoms with Crippen LogP contribution in [-0.4, -0.2) is 12.2 Å². The second kappa shape index (κ2) is 6.00. The molecule has 0 aliphatic carbocycles. The molecule has 3 nitrogen and oxygen atoms in total. The fourth-order valence-electron chi connectivity index (χ4n) is 1.16. The van der Waals surface area contributed by atoms with Gasteiger partial charge in [0, 0.05) is 10.0 Å². The number of benzene rings is 1. The van der Waals surface area contributed by atoms with Gasteiger partial charge >= 0.3 is 0 Å². The Morgan fingerprint density at radius 2 is 2.20 bits per heavy atom. The van der Waals surface area contributed by atoms with Gasteiger partial charge in [0.05, 0.1) is 13.2 Å². The first kappa shape index (κ1) is 14.3. The summed E-state index contributed by atoms with van der Waals surface area (Å²) >= 11 is 3.31. The van der Waals surface area contributed by atoms with Crippen LogP contribution >= 0.6 is 28.3 Å². The maximum atomic E-state index is 9.79. The summed E-state index contributed by atoms with van der Waals surface area (Å²) in [6.07, 6.45) is 1.55. The molecule has 0 aliphatic heterocycles. The number of hydrogen-bond acceptors (Lipinski definition) is 3. The van der Waals surface area contributed by atoms with E-state index in [0.717, 1.165) is 4.47 Å². The fraction of sp³-hybridized carbons (Fsp3) is 0.200. The fourth-order valence-corrected chi connectivity index (χ4v) is 1.75. The Labute approximate surface area is 103 Å². The van der Waals surface area contributed by atoms with Crippen LogP contribution in [0.25, 0.3) is 0 Å². The van der Waals surface area contributed by atoms with Gasteiger partial charge in [0.1, 0.15) is 0 Å². The number of phenols is 1. The van der Waals surface area contributed by atoms with Crippen molar-refractivity contribution in [1.29, 1.82) is 0 Å². The maximum absolute atomic E-state index is 9.79. The largest absolute Gasteiger partial charge is 0.504 e. The van der Waals surface area contributed by atoms with Crippen molar-refractivity contribution in [3.8, 4) is 11.5 Å². The quantitative estimate of drug-likeness (QED) is 0.843. The molecule has 0 bridgehead atoms. The van der Waals surface area contributed by atoms with E-state index in [4.69, 9.17) is 10.5 Å². The smallest absolute Gasteiger partial charge is 0.163 e. The van der Waals surface area contributed by atoms with E-state index in [0.29, 0.717) is 11.3 Å². The molecule has 1 aromatic carbocycles. The summed E-state index contributed by atoms with van der Waals surface area (Å²) in [7, 11) is 1.49. The Kier molecular flexibility index (Phi) is 5.72. The molecule has 0 spiro atoms. The van der Waals surface area contributed by atoms with Gasteiger partial charge in [0.2, 0.25) is 0 Å². The molecule has 1 atom stereocenters. The van der Waals surface area contributed by atoms with E-state index in [-0.39, 0.29) is 18.2 Å². The standard InChI is InChI=1S/C10H12BrNO2.ClH/c1-3-7(12)9-6(11)4-5-8(14-2)10(9)13;/h3-5,7,13H,1,12H2,2H3;1H/t7-;/m1./s1. The van der Waals surface area contributed by atoms with Crippen LogP contribution in [0.3, 0.4) is 0 Å². The molecule has 0 aliphatic rings. The summed E-state index contributed by atoms with van der Waals surface area (Å²) in [5.41, 5.74) is 6.34. The van der Waals surface area contributed by atoms with Gasteiger partial charge in [-0.3, -0.25) is 0 Å². The lowest BCUT2D eigenvalue weighted by Gasteiger charge is -2.14. The highest BCUT2D eigenvalue weighted by Gasteiger charge is 2.15. The lowest BCUT2D eigenvalue weighted by atomic mass is 10.1. The van der Waals surface area contributed by atoms with E-state index in [2.05, 4.69) is 22.5 Å². The number of nitrogens with two attached hydrogens (primary N) is 1. The summed E-state index contributed by atoms with van der Waals surface area (Å²) in [6, 6.07) is 3.02. The topological polar surface area (TPSA) is 55.5 Å². The number of aromatic hydroxyl groups is 1. The molecule has 0 saturated heterocycles. The molecule has 5 heteroatoms. The van der Waals surface area contributed by atoms with Crippen LogP contribution in [0.15, 0.2) is 29.3 Å². The number of hydrogen-bond donors (Lipinski definition) is 2. The van der Waals surface area contributed by atoms with Gasteiger partial charge in [0.15, 0.2) is 11.5 Å². The third-order valence-corrected chi connectivity index (χ3v) is 2.63. The molecule has 0 saturated carbocycles. The monoisotopic (exact) mass is 293 g/mol. The summed E-state index contributed by atoms with van der Waals surface area (Å²) < 4.78 is 5.71. The molecular formula is C10H13BrClNO2. The molecular weight excluding hydrogens is 281 g/mol. The molecule has 15 heavy (non-hydrogen) atoms. The Bertz CT molecular complexity index is 358. The predicted octanol–water partition coefficient (Wildman–Crippen LogP) is 2.77. The van der Waals surface area contributed by atoms with Gasteiger partial charge in [-0.25, -0.2) is 0 Å². The zero-order chi connectivity index (χ0) is 10.7. The number of halogens is 2. The average Bonchev–Trinajstić information content (AvgIpc) is 2.18. The zero-order valence-corrected chi connectivity index (χ0v) is 10.6. The highest BCUT2D eigenvalue weighted by Crippen LogP contribution is 2.38. The maximum Gasteiger partial charge on any atom is 0.163 e. The van der Waals surface area contributed by atoms with Crippen molar-refractivity contribution in [2.45, 2.75) is 6.04 Å². The molecule has 0 heterocycles. The average molecular weight is 295 g/mol. The van der Waals surface area contributed by atoms with Gasteiger partial charge in [-0.2, -0.15) is 0 Å². The lowest BCUT2D eigenvalue weighted by molar-refractivity contribution is 0.369. The SMILES string of the molecule is C=C[C@@H](N)c1c(Br)ccc(OC)c1O.Cl. The first-order valence-corrected chi connectivity index (χ1v) is 4.84. The van der Waals surface area contributed by atoms with Crippen molar-refractivity contribution < 1.29 is 9.84 Å². The van der Waals surface area contributed by atoms with Crippen LogP contribution < -0.4 is 10.5 Å². The highest BCUT2D eigenvalue weighted by molar-refractivity contribution is 9.10. The van der Waals surface area contributed by atoms with Crippen LogP contribution in [0.4, 0.5) is 0 Å². The van der Waals surface area contributed by atoms with E-state index in [9.17, 15) is 5.11 Å². The molecule has 0 aromatic heterocycles. The third kappa shape index (κ3) is 2.87. The summed E-state index contributed by atoms with van der Waals surface area (Å²) in [5.74, 6) is 0.453. The Hall–Kier alpha value is -0.710. The van der Waals surface area contributed by atoms with E-state index in [1.807, 2.05) is 0 Å². The van der Waals surface area contributed by atoms with Gasteiger partial charge in [0.25, 0.3) is 0 Å². The summed E-state index contributed by atoms with van der Waals surface area (Å²) in [5, 5.41) is 9.79. The van der Waals surface area contributed by atoms with Crippen LogP contribution in [0, 0.1) is 0 Å². The highest BCUT2D eigenvalue weighted by atomic mass is 79.9. The van der Waals surface area contributed by atoms with Crippen molar-refractivity contribution in [1.82, 2.24) is 0 Å². The third-order valence-electron chi connectivity index (χ3n) is 1.93. The molecule has 0 amide bonds. The number of rotatable bonds is 3. The van der Waals surface area contributed by atoms with Gasteiger partial charge in [-0.15, -0.1) is 19.0 Å². The van der Waals surface area contributed by atoms with Crippen LogP contribution in [0.2, 0.25) is 0 Å². The number of ether oxygens (including phenoxy) is 1. The minimum absolute atomic E-state index is 0. The number of methoxy groups -OCH3 is 1. The second-order valence-electron chi connectivity index (χ2n) is 2.77. The van der Waals surface area contributed by atoms with Crippen molar-refractivity contribution in [3.05, 3.63) is 34.8 Å². The lowest BCUT2D eigenvalue weighted by Crippen LogP contribution is -2.08. The Balaban J connectivity index is 0.00000196. The van der Waals surface area contributed by atoms with E-state index in [1.54, 1.807) is 18.2 Å². The van der Waals surface area contributed by atoms with Gasteiger partial charge < -0.3 is 15.6 Å². The van der Waals surface area contributed by atoms with Gasteiger partial charge in [-0.05, 0) is 12.1 Å². The summed E-state index contributed by atoms with van der Waals surface area (Å²) in [4.78, 5) is 0. The molecule has 1 aromatic rings. The van der Waals surface area contributed by atoms with Crippen molar-refractivity contribution in [3.63, 3.8) is 0 Å². The Morgan fingerprint density at radius 1 is 1.60 bits per heavy atom. The number of phenolic OH excluding ortho intramolecular Hbond substituents is 1. The second-order valence-corrected chi connectivity index (χ2v) is 3.63. The van der Waals surface area contributed by atoms with Crippen LogP contribution in [0.1, 0.15) is 11.6 Å². The van der Waals surface area contributed by atoms with Gasteiger partial charge in [-0.1, -0.05) is 22.0 Å². The molecule has 0 unspecified atom stereocenters. The molecule has 1 rings (SSSR count). The molecule has 0 fully saturated rings. The van der Waals surface area contributed by atoms with Crippen LogP contribution in [0.5, 0.6) is 11.5 Å². The first-order chi connectivity index (χ1) is 6.61. The minimum atomic E-state index is -0.417. The minimum Gasteiger partial charge on any atom is -0.504 e. The van der Waals surface area contributed by atoms with Crippen LogP contribution in [-0.2, 0) is 0 Å². The summed E-state index contributed by atoms with van der Waals surface area (Å²) in [6.45, 7) is 3.58. The van der Waals surface area contributed by atoms with Crippen molar-refractivity contribution >= 4 is 28.3 Å². The molecule has 3 N–H and O–H groups in total. The molecule has 84 valence electrons. The molecule has 0 radical (unpaired) electrons. The van der Waals surface area contributed by atoms with E-state index in [1.165, 1.54) is 7.11 Å². The normalized spacial score (nSPS) is 11.4. The van der Waals surface area contributed by atoms with Crippen molar-refractivity contribution in [2.75, 3.05) is 7.11 Å². The Morgan fingerprint density at radius 3 is 2.67 bits per heavy atom. The van der Waals surface area contributed by atoms with Crippen molar-refractivity contribution in [2.24, 2.45) is 5.73 Å². The zero-order valence-electron chi connectivity index (χ0n) is 8.24.